The number of sulfone groups is 1. The predicted molar refractivity (Wildman–Crippen MR) is 76.4 cm³/mol. The van der Waals surface area contributed by atoms with Crippen molar-refractivity contribution in [2.45, 2.75) is 32.1 Å². The van der Waals surface area contributed by atoms with Crippen LogP contribution in [0.5, 0.6) is 0 Å². The average Bonchev–Trinajstić information content (AvgIpc) is 2.73. The minimum Gasteiger partial charge on any atom is -0.480 e. The molecule has 1 rings (SSSR count). The van der Waals surface area contributed by atoms with Crippen LogP contribution in [0.15, 0.2) is 12.1 Å². The molecule has 1 atom stereocenters. The number of carboxylic acids is 1. The van der Waals surface area contributed by atoms with Crippen LogP contribution in [0.3, 0.4) is 0 Å². The summed E-state index contributed by atoms with van der Waals surface area (Å²) in [6.07, 6.45) is 0.828. The molecule has 0 spiro atoms. The van der Waals surface area contributed by atoms with Gasteiger partial charge in [0, 0.05) is 16.7 Å². The van der Waals surface area contributed by atoms with Gasteiger partial charge in [0.25, 0.3) is 0 Å². The van der Waals surface area contributed by atoms with Crippen LogP contribution in [0.4, 0.5) is 0 Å². The Morgan fingerprint density at radius 1 is 1.35 bits per heavy atom. The molecular weight excluding hydrogens is 302 g/mol. The van der Waals surface area contributed by atoms with Gasteiger partial charge in [-0.1, -0.05) is 6.92 Å². The lowest BCUT2D eigenvalue weighted by Gasteiger charge is -2.13. The maximum Gasteiger partial charge on any atom is 0.327 e. The summed E-state index contributed by atoms with van der Waals surface area (Å²) >= 11 is 1.40. The Balaban J connectivity index is 2.77. The number of thiophene rings is 1. The van der Waals surface area contributed by atoms with E-state index in [0.717, 1.165) is 18.2 Å². The summed E-state index contributed by atoms with van der Waals surface area (Å²) in [5, 5.41) is 11.0. The first-order chi connectivity index (χ1) is 9.23. The van der Waals surface area contributed by atoms with Crippen molar-refractivity contribution in [1.29, 1.82) is 0 Å². The van der Waals surface area contributed by atoms with Gasteiger partial charge < -0.3 is 10.4 Å². The Labute approximate surface area is 121 Å². The van der Waals surface area contributed by atoms with E-state index >= 15 is 0 Å². The quantitative estimate of drug-likeness (QED) is 0.775. The molecule has 0 saturated carbocycles. The molecule has 0 aliphatic rings. The zero-order valence-corrected chi connectivity index (χ0v) is 12.9. The van der Waals surface area contributed by atoms with Gasteiger partial charge in [0.15, 0.2) is 9.84 Å². The number of carbonyl (C=O) groups excluding carboxylic acids is 1. The maximum atomic E-state index is 12.0. The summed E-state index contributed by atoms with van der Waals surface area (Å²) in [6, 6.07) is 2.18. The Kier molecular flexibility index (Phi) is 5.70. The molecule has 1 amide bonds. The van der Waals surface area contributed by atoms with Gasteiger partial charge in [-0.3, -0.25) is 4.79 Å². The molecule has 1 heterocycles. The molecule has 0 fully saturated rings. The molecule has 2 N–H and O–H groups in total. The van der Waals surface area contributed by atoms with Crippen molar-refractivity contribution in [2.24, 2.45) is 0 Å². The summed E-state index contributed by atoms with van der Waals surface area (Å²) in [6.45, 7) is 3.12. The molecule has 20 heavy (non-hydrogen) atoms. The van der Waals surface area contributed by atoms with Crippen molar-refractivity contribution in [3.05, 3.63) is 21.9 Å². The van der Waals surface area contributed by atoms with Gasteiger partial charge in [-0.15, -0.1) is 11.3 Å². The highest BCUT2D eigenvalue weighted by molar-refractivity contribution is 7.90. The van der Waals surface area contributed by atoms with Crippen molar-refractivity contribution in [3.63, 3.8) is 0 Å². The SMILES string of the molecule is CCc1ccc(CS(=O)(=O)C[C@H](NC(C)=O)C(=O)O)s1. The first-order valence-corrected chi connectivity index (χ1v) is 8.65. The molecular formula is C12H17NO5S2. The standard InChI is InChI=1S/C12H17NO5S2/c1-3-9-4-5-10(19-9)6-20(17,18)7-11(12(15)16)13-8(2)14/h4-5,11H,3,6-7H2,1-2H3,(H,13,14)(H,15,16)/t11-/m0/s1. The monoisotopic (exact) mass is 319 g/mol. The van der Waals surface area contributed by atoms with Gasteiger partial charge in [0.05, 0.1) is 11.5 Å². The lowest BCUT2D eigenvalue weighted by atomic mass is 10.3. The minimum absolute atomic E-state index is 0.207. The van der Waals surface area contributed by atoms with Gasteiger partial charge in [0.2, 0.25) is 5.91 Å². The molecule has 1 aromatic rings. The third-order valence-electron chi connectivity index (χ3n) is 2.52. The van der Waals surface area contributed by atoms with E-state index < -0.39 is 33.5 Å². The molecule has 112 valence electrons. The Morgan fingerprint density at radius 3 is 2.40 bits per heavy atom. The molecule has 0 bridgehead atoms. The predicted octanol–water partition coefficient (Wildman–Crippen LogP) is 0.815. The molecule has 8 heteroatoms. The van der Waals surface area contributed by atoms with Gasteiger partial charge in [-0.05, 0) is 18.6 Å². The second-order valence-electron chi connectivity index (χ2n) is 4.37. The Hall–Kier alpha value is -1.41. The summed E-state index contributed by atoms with van der Waals surface area (Å²) in [5.74, 6) is -2.75. The fourth-order valence-corrected chi connectivity index (χ4v) is 4.55. The highest BCUT2D eigenvalue weighted by atomic mass is 32.2. The highest BCUT2D eigenvalue weighted by Gasteiger charge is 2.26. The van der Waals surface area contributed by atoms with E-state index in [1.807, 2.05) is 13.0 Å². The molecule has 6 nitrogen and oxygen atoms in total. The third kappa shape index (κ3) is 5.30. The van der Waals surface area contributed by atoms with Crippen molar-refractivity contribution >= 4 is 33.1 Å². The summed E-state index contributed by atoms with van der Waals surface area (Å²) < 4.78 is 24.0. The van der Waals surface area contributed by atoms with E-state index in [4.69, 9.17) is 5.11 Å². The largest absolute Gasteiger partial charge is 0.480 e. The van der Waals surface area contributed by atoms with E-state index in [-0.39, 0.29) is 5.75 Å². The first kappa shape index (κ1) is 16.6. The first-order valence-electron chi connectivity index (χ1n) is 6.01. The lowest BCUT2D eigenvalue weighted by Crippen LogP contribution is -2.44. The zero-order valence-electron chi connectivity index (χ0n) is 11.3. The van der Waals surface area contributed by atoms with Gasteiger partial charge in [0.1, 0.15) is 6.04 Å². The summed E-state index contributed by atoms with van der Waals surface area (Å²) in [7, 11) is -3.60. The van der Waals surface area contributed by atoms with E-state index in [1.54, 1.807) is 6.07 Å². The van der Waals surface area contributed by atoms with Crippen LogP contribution in [-0.4, -0.2) is 37.2 Å². The van der Waals surface area contributed by atoms with E-state index in [9.17, 15) is 18.0 Å². The van der Waals surface area contributed by atoms with Crippen molar-refractivity contribution < 1.29 is 23.1 Å². The zero-order chi connectivity index (χ0) is 15.3. The number of aliphatic carboxylic acids is 1. The third-order valence-corrected chi connectivity index (χ3v) is 5.53. The second-order valence-corrected chi connectivity index (χ2v) is 7.73. The van der Waals surface area contributed by atoms with Crippen LogP contribution in [0, 0.1) is 0 Å². The number of amides is 1. The van der Waals surface area contributed by atoms with Crippen LogP contribution < -0.4 is 5.32 Å². The van der Waals surface area contributed by atoms with Crippen LogP contribution >= 0.6 is 11.3 Å². The van der Waals surface area contributed by atoms with E-state index in [0.29, 0.717) is 4.88 Å². The van der Waals surface area contributed by atoms with Gasteiger partial charge in [-0.25, -0.2) is 13.2 Å². The smallest absolute Gasteiger partial charge is 0.327 e. The van der Waals surface area contributed by atoms with Gasteiger partial charge >= 0.3 is 5.97 Å². The molecule has 0 radical (unpaired) electrons. The average molecular weight is 319 g/mol. The second kappa shape index (κ2) is 6.85. The number of rotatable bonds is 7. The van der Waals surface area contributed by atoms with Crippen LogP contribution in [0.2, 0.25) is 0 Å². The van der Waals surface area contributed by atoms with E-state index in [2.05, 4.69) is 5.32 Å². The van der Waals surface area contributed by atoms with E-state index in [1.165, 1.54) is 11.3 Å². The highest BCUT2D eigenvalue weighted by Crippen LogP contribution is 2.19. The minimum atomic E-state index is -3.60. The lowest BCUT2D eigenvalue weighted by molar-refractivity contribution is -0.140. The topological polar surface area (TPSA) is 101 Å². The van der Waals surface area contributed by atoms with Crippen molar-refractivity contribution in [1.82, 2.24) is 5.32 Å². The Bertz CT molecular complexity index is 591. The number of carboxylic acid groups (broad SMARTS) is 1. The van der Waals surface area contributed by atoms with Crippen LogP contribution in [-0.2, 0) is 31.6 Å². The molecule has 1 aromatic heterocycles. The maximum absolute atomic E-state index is 12.0. The van der Waals surface area contributed by atoms with Gasteiger partial charge in [-0.2, -0.15) is 0 Å². The van der Waals surface area contributed by atoms with Crippen LogP contribution in [0.1, 0.15) is 23.6 Å². The molecule has 0 unspecified atom stereocenters. The molecule has 0 saturated heterocycles. The fourth-order valence-electron chi connectivity index (χ4n) is 1.64. The summed E-state index contributed by atoms with van der Waals surface area (Å²) in [4.78, 5) is 23.6. The Morgan fingerprint density at radius 2 is 1.95 bits per heavy atom. The number of carbonyl (C=O) groups is 2. The number of hydrogen-bond donors (Lipinski definition) is 2. The number of nitrogens with one attached hydrogen (secondary N) is 1. The van der Waals surface area contributed by atoms with Crippen molar-refractivity contribution in [3.8, 4) is 0 Å². The molecule has 0 aliphatic heterocycles. The summed E-state index contributed by atoms with van der Waals surface area (Å²) in [5.41, 5.74) is 0. The molecule has 0 aliphatic carbocycles. The normalized spacial score (nSPS) is 12.9. The number of hydrogen-bond acceptors (Lipinski definition) is 5. The van der Waals surface area contributed by atoms with Crippen LogP contribution in [0.25, 0.3) is 0 Å². The molecule has 0 aromatic carbocycles. The fraction of sp³-hybridized carbons (Fsp3) is 0.500. The number of aryl methyl sites for hydroxylation is 1. The van der Waals surface area contributed by atoms with Crippen molar-refractivity contribution in [2.75, 3.05) is 5.75 Å².